The molecule has 1 aliphatic heterocycles. The van der Waals surface area contributed by atoms with E-state index in [1.54, 1.807) is 19.8 Å². The van der Waals surface area contributed by atoms with Gasteiger partial charge in [-0.3, -0.25) is 4.98 Å². The number of ether oxygens (including phenoxy) is 2. The van der Waals surface area contributed by atoms with E-state index in [1.807, 2.05) is 12.1 Å². The molecular weight excluding hydrogens is 625 g/mol. The van der Waals surface area contributed by atoms with Gasteiger partial charge < -0.3 is 19.7 Å². The third kappa shape index (κ3) is 7.07. The van der Waals surface area contributed by atoms with Crippen LogP contribution in [0, 0.1) is 17.8 Å². The SMILES string of the molecule is CCC1=CC2Cc3nc4cc(Cl)ccc4c(NCCN4CCC(CC5Cc6cc(OC)c(OC)cc6C5)CC4)c3C(C1)C2.Cl.Cl. The Morgan fingerprint density at radius 1 is 0.933 bits per heavy atom. The van der Waals surface area contributed by atoms with Crippen LogP contribution in [0.1, 0.15) is 73.8 Å². The summed E-state index contributed by atoms with van der Waals surface area (Å²) in [5, 5.41) is 5.94. The van der Waals surface area contributed by atoms with Crippen molar-refractivity contribution in [2.24, 2.45) is 17.8 Å². The van der Waals surface area contributed by atoms with Gasteiger partial charge >= 0.3 is 0 Å². The fraction of sp³-hybridized carbons (Fsp3) is 0.541. The molecule has 0 spiro atoms. The maximum Gasteiger partial charge on any atom is 0.161 e. The molecule has 2 unspecified atom stereocenters. The second-order valence-electron chi connectivity index (χ2n) is 13.5. The predicted molar refractivity (Wildman–Crippen MR) is 192 cm³/mol. The van der Waals surface area contributed by atoms with Crippen molar-refractivity contribution >= 4 is 53.0 Å². The first-order valence-electron chi connectivity index (χ1n) is 16.5. The average molecular weight is 673 g/mol. The number of hydrogen-bond donors (Lipinski definition) is 1. The second kappa shape index (κ2) is 14.7. The average Bonchev–Trinajstić information content (AvgIpc) is 3.41. The Morgan fingerprint density at radius 3 is 2.31 bits per heavy atom. The fourth-order valence-electron chi connectivity index (χ4n) is 8.66. The van der Waals surface area contributed by atoms with Crippen LogP contribution in [0.15, 0.2) is 42.0 Å². The van der Waals surface area contributed by atoms with Crippen LogP contribution >= 0.6 is 36.4 Å². The van der Waals surface area contributed by atoms with Gasteiger partial charge in [0, 0.05) is 40.4 Å². The number of allylic oxidation sites excluding steroid dienone is 2. The highest BCUT2D eigenvalue weighted by Gasteiger charge is 2.34. The van der Waals surface area contributed by atoms with Crippen LogP contribution < -0.4 is 14.8 Å². The maximum atomic E-state index is 6.42. The van der Waals surface area contributed by atoms with Crippen molar-refractivity contribution in [1.29, 1.82) is 0 Å². The number of piperidine rings is 1. The van der Waals surface area contributed by atoms with Crippen molar-refractivity contribution < 1.29 is 9.47 Å². The highest BCUT2D eigenvalue weighted by molar-refractivity contribution is 6.31. The number of fused-ring (bicyclic) bond motifs is 6. The largest absolute Gasteiger partial charge is 0.493 e. The van der Waals surface area contributed by atoms with Crippen molar-refractivity contribution in [2.75, 3.05) is 45.7 Å². The minimum absolute atomic E-state index is 0. The van der Waals surface area contributed by atoms with Gasteiger partial charge in [-0.05, 0) is 136 Å². The normalized spacial score (nSPS) is 21.3. The Hall–Kier alpha value is -2.18. The molecule has 2 heterocycles. The van der Waals surface area contributed by atoms with Gasteiger partial charge in [0.1, 0.15) is 0 Å². The van der Waals surface area contributed by atoms with Gasteiger partial charge in [0.2, 0.25) is 0 Å². The molecule has 0 amide bonds. The fourth-order valence-corrected chi connectivity index (χ4v) is 8.82. The Labute approximate surface area is 286 Å². The van der Waals surface area contributed by atoms with Crippen LogP contribution in [-0.2, 0) is 19.3 Å². The van der Waals surface area contributed by atoms with Gasteiger partial charge in [-0.25, -0.2) is 0 Å². The molecule has 7 rings (SSSR count). The first-order chi connectivity index (χ1) is 21.0. The Kier molecular flexibility index (Phi) is 11.2. The molecule has 45 heavy (non-hydrogen) atoms. The lowest BCUT2D eigenvalue weighted by Gasteiger charge is -2.37. The standard InChI is InChI=1S/C37H46ClN3O2.2ClH/c1-4-23-13-26-18-29(15-23)36-33(19-26)40-32-22-30(38)5-6-31(32)37(36)39-9-12-41-10-7-24(8-11-41)14-25-16-27-20-34(42-2)35(43-3)21-28(27)17-25;;/h5-6,13,20-22,24-26,29H,4,7-12,14-19H2,1-3H3,(H,39,40);2*1H. The lowest BCUT2D eigenvalue weighted by molar-refractivity contribution is 0.172. The summed E-state index contributed by atoms with van der Waals surface area (Å²) in [5.41, 5.74) is 9.64. The highest BCUT2D eigenvalue weighted by Crippen LogP contribution is 2.48. The summed E-state index contributed by atoms with van der Waals surface area (Å²) >= 11 is 6.42. The molecule has 5 nitrogen and oxygen atoms in total. The number of halogens is 3. The molecule has 244 valence electrons. The molecule has 1 aromatic heterocycles. The van der Waals surface area contributed by atoms with Gasteiger partial charge in [-0.15, -0.1) is 24.8 Å². The number of methoxy groups -OCH3 is 2. The van der Waals surface area contributed by atoms with Gasteiger partial charge in [-0.1, -0.05) is 30.2 Å². The number of anilines is 1. The number of hydrogen-bond acceptors (Lipinski definition) is 5. The summed E-state index contributed by atoms with van der Waals surface area (Å²) in [6.07, 6.45) is 13.5. The summed E-state index contributed by atoms with van der Waals surface area (Å²) in [7, 11) is 3.46. The molecule has 0 saturated carbocycles. The summed E-state index contributed by atoms with van der Waals surface area (Å²) in [6.45, 7) is 6.76. The number of nitrogens with one attached hydrogen (secondary N) is 1. The molecule has 4 aliphatic rings. The van der Waals surface area contributed by atoms with Crippen molar-refractivity contribution in [2.45, 2.75) is 70.6 Å². The van der Waals surface area contributed by atoms with Crippen LogP contribution in [-0.4, -0.2) is 50.3 Å². The van der Waals surface area contributed by atoms with E-state index in [0.717, 1.165) is 59.8 Å². The predicted octanol–water partition coefficient (Wildman–Crippen LogP) is 9.06. The number of likely N-dealkylation sites (tertiary alicyclic amines) is 1. The first-order valence-corrected chi connectivity index (χ1v) is 16.9. The lowest BCUT2D eigenvalue weighted by Crippen LogP contribution is -2.37. The van der Waals surface area contributed by atoms with E-state index in [0.29, 0.717) is 11.8 Å². The molecular formula is C37H48Cl3N3O2. The van der Waals surface area contributed by atoms with Crippen molar-refractivity contribution in [1.82, 2.24) is 9.88 Å². The van der Waals surface area contributed by atoms with E-state index < -0.39 is 0 Å². The van der Waals surface area contributed by atoms with E-state index in [4.69, 9.17) is 26.1 Å². The zero-order chi connectivity index (χ0) is 29.5. The molecule has 1 fully saturated rings. The van der Waals surface area contributed by atoms with Gasteiger partial charge in [0.05, 0.1) is 19.7 Å². The smallest absolute Gasteiger partial charge is 0.161 e. The van der Waals surface area contributed by atoms with E-state index in [9.17, 15) is 0 Å². The summed E-state index contributed by atoms with van der Waals surface area (Å²) in [4.78, 5) is 7.84. The van der Waals surface area contributed by atoms with Crippen LogP contribution in [0.3, 0.4) is 0 Å². The minimum atomic E-state index is 0. The molecule has 3 aromatic rings. The minimum Gasteiger partial charge on any atom is -0.493 e. The van der Waals surface area contributed by atoms with Crippen molar-refractivity contribution in [3.05, 3.63) is 69.4 Å². The number of aromatic nitrogens is 1. The van der Waals surface area contributed by atoms with E-state index in [1.165, 1.54) is 91.5 Å². The van der Waals surface area contributed by atoms with E-state index >= 15 is 0 Å². The van der Waals surface area contributed by atoms with Crippen LogP contribution in [0.5, 0.6) is 11.5 Å². The van der Waals surface area contributed by atoms with Gasteiger partial charge in [0.25, 0.3) is 0 Å². The zero-order valence-corrected chi connectivity index (χ0v) is 29.3. The quantitative estimate of drug-likeness (QED) is 0.230. The van der Waals surface area contributed by atoms with Crippen LogP contribution in [0.25, 0.3) is 10.9 Å². The Balaban J connectivity index is 0.00000200. The summed E-state index contributed by atoms with van der Waals surface area (Å²) in [5.74, 6) is 4.49. The van der Waals surface area contributed by atoms with E-state index in [-0.39, 0.29) is 24.8 Å². The molecule has 3 aliphatic carbocycles. The number of benzene rings is 2. The molecule has 1 N–H and O–H groups in total. The van der Waals surface area contributed by atoms with Crippen LogP contribution in [0.2, 0.25) is 5.02 Å². The first kappa shape index (κ1) is 34.2. The third-order valence-corrected chi connectivity index (χ3v) is 11.0. The number of pyridine rings is 1. The van der Waals surface area contributed by atoms with Gasteiger partial charge in [0.15, 0.2) is 11.5 Å². The van der Waals surface area contributed by atoms with Gasteiger partial charge in [-0.2, -0.15) is 0 Å². The summed E-state index contributed by atoms with van der Waals surface area (Å²) in [6, 6.07) is 10.6. The molecule has 8 heteroatoms. The van der Waals surface area contributed by atoms with Crippen molar-refractivity contribution in [3.8, 4) is 11.5 Å². The molecule has 0 radical (unpaired) electrons. The topological polar surface area (TPSA) is 46.6 Å². The Morgan fingerprint density at radius 2 is 1.64 bits per heavy atom. The number of rotatable bonds is 9. The number of nitrogens with zero attached hydrogens (tertiary/aromatic N) is 2. The molecule has 2 bridgehead atoms. The second-order valence-corrected chi connectivity index (χ2v) is 13.9. The van der Waals surface area contributed by atoms with Crippen molar-refractivity contribution in [3.63, 3.8) is 0 Å². The van der Waals surface area contributed by atoms with Crippen LogP contribution in [0.4, 0.5) is 5.69 Å². The molecule has 2 atom stereocenters. The zero-order valence-electron chi connectivity index (χ0n) is 26.9. The summed E-state index contributed by atoms with van der Waals surface area (Å²) < 4.78 is 11.1. The lowest BCUT2D eigenvalue weighted by atomic mass is 9.70. The molecule has 1 saturated heterocycles. The Bertz CT molecular complexity index is 1500. The highest BCUT2D eigenvalue weighted by atomic mass is 35.5. The monoisotopic (exact) mass is 671 g/mol. The maximum absolute atomic E-state index is 6.42. The third-order valence-electron chi connectivity index (χ3n) is 10.8. The van der Waals surface area contributed by atoms with E-state index in [2.05, 4.69) is 41.4 Å². The molecule has 2 aromatic carbocycles.